The van der Waals surface area contributed by atoms with Crippen molar-refractivity contribution in [2.75, 3.05) is 26.7 Å². The van der Waals surface area contributed by atoms with Crippen molar-refractivity contribution in [3.05, 3.63) is 0 Å². The average Bonchev–Trinajstić information content (AvgIpc) is 2.61. The van der Waals surface area contributed by atoms with Gasteiger partial charge in [-0.15, -0.1) is 24.0 Å². The standard InChI is InChI=1S/C11H24N4.HI/c1-3-4-7-13-11(12)14-9-10-6-5-8-15(10)2;/h10H,3-9H2,1-2H3,(H3,12,13,14);1H. The van der Waals surface area contributed by atoms with Crippen molar-refractivity contribution < 1.29 is 0 Å². The molecule has 0 aromatic rings. The predicted octanol–water partition coefficient (Wildman–Crippen LogP) is 1.40. The fourth-order valence-corrected chi connectivity index (χ4v) is 1.86. The fraction of sp³-hybridized carbons (Fsp3) is 0.909. The molecule has 1 aliphatic heterocycles. The minimum absolute atomic E-state index is 0. The van der Waals surface area contributed by atoms with Gasteiger partial charge >= 0.3 is 0 Å². The van der Waals surface area contributed by atoms with Crippen LogP contribution in [0.15, 0.2) is 4.99 Å². The molecule has 1 unspecified atom stereocenters. The van der Waals surface area contributed by atoms with Crippen LogP contribution in [-0.2, 0) is 0 Å². The molecule has 1 saturated heterocycles. The number of likely N-dealkylation sites (tertiary alicyclic amines) is 1. The zero-order valence-electron chi connectivity index (χ0n) is 10.4. The number of hydrogen-bond acceptors (Lipinski definition) is 2. The maximum Gasteiger partial charge on any atom is 0.188 e. The molecule has 4 nitrogen and oxygen atoms in total. The van der Waals surface area contributed by atoms with Crippen LogP contribution in [0.2, 0.25) is 0 Å². The van der Waals surface area contributed by atoms with Gasteiger partial charge in [0.2, 0.25) is 0 Å². The molecular formula is C11H25IN4. The molecule has 0 aromatic heterocycles. The first kappa shape index (κ1) is 16.0. The topological polar surface area (TPSA) is 53.6 Å². The van der Waals surface area contributed by atoms with Crippen LogP contribution in [0.4, 0.5) is 0 Å². The summed E-state index contributed by atoms with van der Waals surface area (Å²) in [6, 6.07) is 0.594. The summed E-state index contributed by atoms with van der Waals surface area (Å²) in [5, 5.41) is 3.13. The number of hydrogen-bond donors (Lipinski definition) is 2. The first-order valence-corrected chi connectivity index (χ1v) is 5.98. The number of nitrogens with two attached hydrogens (primary N) is 1. The van der Waals surface area contributed by atoms with Crippen LogP contribution in [0.5, 0.6) is 0 Å². The number of guanidine groups is 1. The van der Waals surface area contributed by atoms with Crippen LogP contribution in [-0.4, -0.2) is 43.6 Å². The minimum Gasteiger partial charge on any atom is -0.370 e. The Balaban J connectivity index is 0.00000225. The van der Waals surface area contributed by atoms with E-state index in [4.69, 9.17) is 5.73 Å². The highest BCUT2D eigenvalue weighted by Crippen LogP contribution is 2.14. The van der Waals surface area contributed by atoms with Gasteiger partial charge < -0.3 is 16.0 Å². The van der Waals surface area contributed by atoms with Crippen LogP contribution < -0.4 is 11.1 Å². The van der Waals surface area contributed by atoms with Gasteiger partial charge in [0.1, 0.15) is 0 Å². The molecule has 96 valence electrons. The molecule has 0 radical (unpaired) electrons. The molecule has 1 rings (SSSR count). The van der Waals surface area contributed by atoms with E-state index >= 15 is 0 Å². The molecular weight excluding hydrogens is 315 g/mol. The number of halogens is 1. The SMILES string of the molecule is CCCCNC(N)=NCC1CCCN1C.I. The Morgan fingerprint density at radius 3 is 2.88 bits per heavy atom. The second-order valence-electron chi connectivity index (χ2n) is 4.28. The summed E-state index contributed by atoms with van der Waals surface area (Å²) < 4.78 is 0. The van der Waals surface area contributed by atoms with Crippen molar-refractivity contribution in [2.24, 2.45) is 10.7 Å². The van der Waals surface area contributed by atoms with Crippen molar-refractivity contribution in [1.29, 1.82) is 0 Å². The lowest BCUT2D eigenvalue weighted by Crippen LogP contribution is -2.35. The van der Waals surface area contributed by atoms with Gasteiger partial charge in [-0.25, -0.2) is 0 Å². The number of nitrogens with one attached hydrogen (secondary N) is 1. The quantitative estimate of drug-likeness (QED) is 0.344. The second kappa shape index (κ2) is 9.04. The van der Waals surface area contributed by atoms with E-state index in [1.54, 1.807) is 0 Å². The molecule has 0 aliphatic carbocycles. The Labute approximate surface area is 116 Å². The first-order chi connectivity index (χ1) is 7.24. The van der Waals surface area contributed by atoms with E-state index < -0.39 is 0 Å². The number of rotatable bonds is 5. The third-order valence-corrected chi connectivity index (χ3v) is 2.98. The van der Waals surface area contributed by atoms with Crippen molar-refractivity contribution >= 4 is 29.9 Å². The smallest absolute Gasteiger partial charge is 0.188 e. The summed E-state index contributed by atoms with van der Waals surface area (Å²) >= 11 is 0. The molecule has 0 aromatic carbocycles. The normalized spacial score (nSPS) is 21.9. The molecule has 0 bridgehead atoms. The van der Waals surface area contributed by atoms with Gasteiger partial charge in [-0.1, -0.05) is 13.3 Å². The second-order valence-corrected chi connectivity index (χ2v) is 4.28. The number of nitrogens with zero attached hydrogens (tertiary/aromatic N) is 2. The molecule has 3 N–H and O–H groups in total. The summed E-state index contributed by atoms with van der Waals surface area (Å²) in [5.41, 5.74) is 5.76. The Morgan fingerprint density at radius 1 is 1.56 bits per heavy atom. The molecule has 1 fully saturated rings. The zero-order valence-corrected chi connectivity index (χ0v) is 12.7. The Kier molecular flexibility index (Phi) is 9.02. The third kappa shape index (κ3) is 5.89. The van der Waals surface area contributed by atoms with Gasteiger partial charge in [-0.3, -0.25) is 4.99 Å². The highest BCUT2D eigenvalue weighted by molar-refractivity contribution is 14.0. The van der Waals surface area contributed by atoms with Crippen LogP contribution in [0.3, 0.4) is 0 Å². The van der Waals surface area contributed by atoms with Crippen LogP contribution in [0.25, 0.3) is 0 Å². The Morgan fingerprint density at radius 2 is 2.31 bits per heavy atom. The Hall–Kier alpha value is -0.0400. The molecule has 0 amide bonds. The third-order valence-electron chi connectivity index (χ3n) is 2.98. The summed E-state index contributed by atoms with van der Waals surface area (Å²) in [6.07, 6.45) is 4.88. The van der Waals surface area contributed by atoms with Crippen LogP contribution >= 0.6 is 24.0 Å². The average molecular weight is 340 g/mol. The first-order valence-electron chi connectivity index (χ1n) is 5.98. The lowest BCUT2D eigenvalue weighted by atomic mass is 10.2. The number of unbranched alkanes of at least 4 members (excludes halogenated alkanes) is 1. The van der Waals surface area contributed by atoms with Crippen molar-refractivity contribution in [3.63, 3.8) is 0 Å². The van der Waals surface area contributed by atoms with Crippen molar-refractivity contribution in [3.8, 4) is 0 Å². The van der Waals surface area contributed by atoms with E-state index in [-0.39, 0.29) is 24.0 Å². The molecule has 5 heteroatoms. The van der Waals surface area contributed by atoms with Gasteiger partial charge in [-0.2, -0.15) is 0 Å². The Bertz CT molecular complexity index is 208. The number of aliphatic imine (C=N–C) groups is 1. The summed E-state index contributed by atoms with van der Waals surface area (Å²) in [5.74, 6) is 0.601. The van der Waals surface area contributed by atoms with E-state index in [0.29, 0.717) is 12.0 Å². The van der Waals surface area contributed by atoms with Gasteiger partial charge in [0.15, 0.2) is 5.96 Å². The fourth-order valence-electron chi connectivity index (χ4n) is 1.86. The highest BCUT2D eigenvalue weighted by atomic mass is 127. The maximum absolute atomic E-state index is 5.76. The lowest BCUT2D eigenvalue weighted by molar-refractivity contribution is 0.317. The highest BCUT2D eigenvalue weighted by Gasteiger charge is 2.19. The van der Waals surface area contributed by atoms with Crippen LogP contribution in [0, 0.1) is 0 Å². The minimum atomic E-state index is 0. The summed E-state index contributed by atoms with van der Waals surface area (Å²) in [4.78, 5) is 6.73. The molecule has 1 aliphatic rings. The van der Waals surface area contributed by atoms with Crippen LogP contribution in [0.1, 0.15) is 32.6 Å². The number of likely N-dealkylation sites (N-methyl/N-ethyl adjacent to an activating group) is 1. The van der Waals surface area contributed by atoms with E-state index in [0.717, 1.165) is 19.5 Å². The van der Waals surface area contributed by atoms with E-state index in [1.807, 2.05) is 0 Å². The summed E-state index contributed by atoms with van der Waals surface area (Å²) in [6.45, 7) is 5.14. The van der Waals surface area contributed by atoms with Gasteiger partial charge in [0, 0.05) is 12.6 Å². The molecule has 1 atom stereocenters. The monoisotopic (exact) mass is 340 g/mol. The molecule has 0 spiro atoms. The summed E-state index contributed by atoms with van der Waals surface area (Å²) in [7, 11) is 2.16. The van der Waals surface area contributed by atoms with Gasteiger partial charge in [0.25, 0.3) is 0 Å². The predicted molar refractivity (Wildman–Crippen MR) is 80.5 cm³/mol. The van der Waals surface area contributed by atoms with E-state index in [1.165, 1.54) is 25.8 Å². The maximum atomic E-state index is 5.76. The zero-order chi connectivity index (χ0) is 11.1. The van der Waals surface area contributed by atoms with Gasteiger partial charge in [0.05, 0.1) is 6.54 Å². The molecule has 0 saturated carbocycles. The lowest BCUT2D eigenvalue weighted by Gasteiger charge is -2.17. The molecule has 1 heterocycles. The van der Waals surface area contributed by atoms with E-state index in [2.05, 4.69) is 29.2 Å². The largest absolute Gasteiger partial charge is 0.370 e. The van der Waals surface area contributed by atoms with Crippen molar-refractivity contribution in [2.45, 2.75) is 38.6 Å². The van der Waals surface area contributed by atoms with E-state index in [9.17, 15) is 0 Å². The van der Waals surface area contributed by atoms with Gasteiger partial charge in [-0.05, 0) is 32.9 Å². The molecule has 16 heavy (non-hydrogen) atoms. The van der Waals surface area contributed by atoms with Crippen molar-refractivity contribution in [1.82, 2.24) is 10.2 Å².